The van der Waals surface area contributed by atoms with Crippen LogP contribution in [0.15, 0.2) is 24.3 Å². The summed E-state index contributed by atoms with van der Waals surface area (Å²) in [5, 5.41) is 0. The maximum Gasteiger partial charge on any atom is 0.260 e. The van der Waals surface area contributed by atoms with Crippen LogP contribution < -0.4 is 4.74 Å². The highest BCUT2D eigenvalue weighted by Gasteiger charge is 2.26. The number of amides is 1. The summed E-state index contributed by atoms with van der Waals surface area (Å²) in [4.78, 5) is 13.7. The Hall–Kier alpha value is -1.60. The normalized spacial score (nSPS) is 16.5. The van der Waals surface area contributed by atoms with Gasteiger partial charge in [-0.15, -0.1) is 0 Å². The van der Waals surface area contributed by atoms with E-state index in [9.17, 15) is 13.2 Å². The summed E-state index contributed by atoms with van der Waals surface area (Å²) in [6.45, 7) is 3.56. The first kappa shape index (κ1) is 16.8. The number of rotatable bonds is 5. The van der Waals surface area contributed by atoms with Gasteiger partial charge in [0.05, 0.1) is 6.26 Å². The molecule has 1 aromatic carbocycles. The maximum absolute atomic E-state index is 12.1. The van der Waals surface area contributed by atoms with Gasteiger partial charge < -0.3 is 9.64 Å². The van der Waals surface area contributed by atoms with E-state index in [0.29, 0.717) is 31.9 Å². The Morgan fingerprint density at radius 2 is 1.73 bits per heavy atom. The van der Waals surface area contributed by atoms with Crippen LogP contribution in [0.1, 0.15) is 12.5 Å². The molecule has 0 aromatic heterocycles. The van der Waals surface area contributed by atoms with Crippen LogP contribution in [-0.2, 0) is 21.2 Å². The third kappa shape index (κ3) is 4.45. The number of ether oxygens (including phenoxy) is 1. The number of piperazine rings is 1. The first-order chi connectivity index (χ1) is 10.4. The van der Waals surface area contributed by atoms with E-state index in [1.54, 1.807) is 4.90 Å². The molecule has 0 unspecified atom stereocenters. The summed E-state index contributed by atoms with van der Waals surface area (Å²) in [7, 11) is -3.17. The van der Waals surface area contributed by atoms with Crippen molar-refractivity contribution in [2.45, 2.75) is 13.3 Å². The molecular formula is C15H22N2O4S. The first-order valence-electron chi connectivity index (χ1n) is 7.35. The van der Waals surface area contributed by atoms with E-state index < -0.39 is 10.0 Å². The fourth-order valence-corrected chi connectivity index (χ4v) is 3.15. The van der Waals surface area contributed by atoms with Gasteiger partial charge in [0.1, 0.15) is 5.75 Å². The van der Waals surface area contributed by atoms with Crippen molar-refractivity contribution < 1.29 is 17.9 Å². The van der Waals surface area contributed by atoms with Crippen molar-refractivity contribution >= 4 is 15.9 Å². The summed E-state index contributed by atoms with van der Waals surface area (Å²) in [5.41, 5.74) is 1.22. The molecule has 1 aliphatic heterocycles. The Balaban J connectivity index is 1.80. The van der Waals surface area contributed by atoms with Crippen molar-refractivity contribution in [3.63, 3.8) is 0 Å². The molecule has 1 saturated heterocycles. The number of hydrogen-bond donors (Lipinski definition) is 0. The van der Waals surface area contributed by atoms with Crippen molar-refractivity contribution in [1.82, 2.24) is 9.21 Å². The number of hydrogen-bond acceptors (Lipinski definition) is 4. The zero-order valence-electron chi connectivity index (χ0n) is 13.0. The standard InChI is InChI=1S/C15H22N2O4S/c1-3-13-4-6-14(7-5-13)21-12-15(18)16-8-10-17(11-9-16)22(2,19)20/h4-7H,3,8-12H2,1-2H3. The smallest absolute Gasteiger partial charge is 0.260 e. The van der Waals surface area contributed by atoms with E-state index in [4.69, 9.17) is 4.74 Å². The molecule has 0 bridgehead atoms. The molecule has 0 N–H and O–H groups in total. The Morgan fingerprint density at radius 3 is 2.23 bits per heavy atom. The fraction of sp³-hybridized carbons (Fsp3) is 0.533. The lowest BCUT2D eigenvalue weighted by atomic mass is 10.2. The van der Waals surface area contributed by atoms with Gasteiger partial charge in [-0.25, -0.2) is 8.42 Å². The van der Waals surface area contributed by atoms with Crippen LogP contribution in [0.3, 0.4) is 0 Å². The summed E-state index contributed by atoms with van der Waals surface area (Å²) < 4.78 is 29.7. The number of carbonyl (C=O) groups excluding carboxylic acids is 1. The lowest BCUT2D eigenvalue weighted by Gasteiger charge is -2.33. The number of carbonyl (C=O) groups is 1. The van der Waals surface area contributed by atoms with Crippen LogP contribution in [0.25, 0.3) is 0 Å². The molecule has 1 heterocycles. The average molecular weight is 326 g/mol. The molecule has 0 saturated carbocycles. The molecule has 1 amide bonds. The summed E-state index contributed by atoms with van der Waals surface area (Å²) in [6.07, 6.45) is 2.15. The van der Waals surface area contributed by atoms with E-state index in [1.165, 1.54) is 16.1 Å². The van der Waals surface area contributed by atoms with Gasteiger partial charge in [-0.1, -0.05) is 19.1 Å². The monoisotopic (exact) mass is 326 g/mol. The van der Waals surface area contributed by atoms with Crippen molar-refractivity contribution in [3.8, 4) is 5.75 Å². The maximum atomic E-state index is 12.1. The fourth-order valence-electron chi connectivity index (χ4n) is 2.33. The lowest BCUT2D eigenvalue weighted by Crippen LogP contribution is -2.51. The largest absolute Gasteiger partial charge is 0.484 e. The van der Waals surface area contributed by atoms with Crippen LogP contribution in [0.5, 0.6) is 5.75 Å². The minimum absolute atomic E-state index is 0.0235. The highest BCUT2D eigenvalue weighted by atomic mass is 32.2. The van der Waals surface area contributed by atoms with E-state index in [-0.39, 0.29) is 12.5 Å². The number of benzene rings is 1. The zero-order valence-corrected chi connectivity index (χ0v) is 13.8. The van der Waals surface area contributed by atoms with Gasteiger partial charge in [0.15, 0.2) is 6.61 Å². The Morgan fingerprint density at radius 1 is 1.14 bits per heavy atom. The number of aryl methyl sites for hydroxylation is 1. The van der Waals surface area contributed by atoms with Crippen molar-refractivity contribution in [1.29, 1.82) is 0 Å². The number of sulfonamides is 1. The Labute approximate surface area is 131 Å². The first-order valence-corrected chi connectivity index (χ1v) is 9.19. The van der Waals surface area contributed by atoms with Gasteiger partial charge in [-0.2, -0.15) is 4.31 Å². The van der Waals surface area contributed by atoms with Crippen LogP contribution >= 0.6 is 0 Å². The van der Waals surface area contributed by atoms with Crippen LogP contribution in [0.2, 0.25) is 0 Å². The van der Waals surface area contributed by atoms with Gasteiger partial charge in [0, 0.05) is 26.2 Å². The van der Waals surface area contributed by atoms with Crippen molar-refractivity contribution in [3.05, 3.63) is 29.8 Å². The minimum Gasteiger partial charge on any atom is -0.484 e. The Bertz CT molecular complexity index is 605. The summed E-state index contributed by atoms with van der Waals surface area (Å²) in [5.74, 6) is 0.549. The molecular weight excluding hydrogens is 304 g/mol. The van der Waals surface area contributed by atoms with Gasteiger partial charge in [0.2, 0.25) is 10.0 Å². The second-order valence-corrected chi connectivity index (χ2v) is 7.31. The van der Waals surface area contributed by atoms with Gasteiger partial charge in [0.25, 0.3) is 5.91 Å². The molecule has 0 radical (unpaired) electrons. The summed E-state index contributed by atoms with van der Waals surface area (Å²) in [6, 6.07) is 7.66. The van der Waals surface area contributed by atoms with E-state index in [2.05, 4.69) is 6.92 Å². The van der Waals surface area contributed by atoms with Gasteiger partial charge >= 0.3 is 0 Å². The third-order valence-electron chi connectivity index (χ3n) is 3.75. The lowest BCUT2D eigenvalue weighted by molar-refractivity contribution is -0.134. The summed E-state index contributed by atoms with van der Waals surface area (Å²) >= 11 is 0. The van der Waals surface area contributed by atoms with Crippen LogP contribution in [0, 0.1) is 0 Å². The molecule has 0 atom stereocenters. The van der Waals surface area contributed by atoms with Gasteiger partial charge in [-0.3, -0.25) is 4.79 Å². The zero-order chi connectivity index (χ0) is 16.2. The van der Waals surface area contributed by atoms with Crippen LogP contribution in [0.4, 0.5) is 0 Å². The van der Waals surface area contributed by atoms with Crippen molar-refractivity contribution in [2.24, 2.45) is 0 Å². The molecule has 122 valence electrons. The molecule has 1 aliphatic rings. The van der Waals surface area contributed by atoms with Gasteiger partial charge in [-0.05, 0) is 24.1 Å². The highest BCUT2D eigenvalue weighted by molar-refractivity contribution is 7.88. The third-order valence-corrected chi connectivity index (χ3v) is 5.06. The average Bonchev–Trinajstić information content (AvgIpc) is 2.52. The molecule has 22 heavy (non-hydrogen) atoms. The molecule has 0 spiro atoms. The van der Waals surface area contributed by atoms with E-state index in [0.717, 1.165) is 6.42 Å². The molecule has 1 fully saturated rings. The topological polar surface area (TPSA) is 66.9 Å². The second-order valence-electron chi connectivity index (χ2n) is 5.33. The van der Waals surface area contributed by atoms with E-state index >= 15 is 0 Å². The molecule has 0 aliphatic carbocycles. The second kappa shape index (κ2) is 7.11. The van der Waals surface area contributed by atoms with Crippen molar-refractivity contribution in [2.75, 3.05) is 39.0 Å². The molecule has 6 nitrogen and oxygen atoms in total. The molecule has 7 heteroatoms. The highest BCUT2D eigenvalue weighted by Crippen LogP contribution is 2.13. The molecule has 1 aromatic rings. The minimum atomic E-state index is -3.17. The Kier molecular flexibility index (Phi) is 5.42. The predicted molar refractivity (Wildman–Crippen MR) is 84.3 cm³/mol. The van der Waals surface area contributed by atoms with E-state index in [1.807, 2.05) is 24.3 Å². The number of nitrogens with zero attached hydrogens (tertiary/aromatic N) is 2. The molecule has 2 rings (SSSR count). The predicted octanol–water partition coefficient (Wildman–Crippen LogP) is 0.732. The van der Waals surface area contributed by atoms with Crippen LogP contribution in [-0.4, -0.2) is 62.6 Å². The quantitative estimate of drug-likeness (QED) is 0.800. The SMILES string of the molecule is CCc1ccc(OCC(=O)N2CCN(S(C)(=O)=O)CC2)cc1.